The van der Waals surface area contributed by atoms with Gasteiger partial charge in [-0.3, -0.25) is 0 Å². The van der Waals surface area contributed by atoms with Crippen molar-refractivity contribution in [3.05, 3.63) is 63.6 Å². The predicted octanol–water partition coefficient (Wildman–Crippen LogP) is 3.70. The Labute approximate surface area is 120 Å². The predicted molar refractivity (Wildman–Crippen MR) is 78.9 cm³/mol. The summed E-state index contributed by atoms with van der Waals surface area (Å²) in [5.41, 5.74) is 8.76. The Morgan fingerprint density at radius 3 is 2.68 bits per heavy atom. The van der Waals surface area contributed by atoms with E-state index in [9.17, 15) is 4.79 Å². The van der Waals surface area contributed by atoms with Crippen LogP contribution in [0.25, 0.3) is 0 Å². The van der Waals surface area contributed by atoms with E-state index in [0.29, 0.717) is 11.3 Å². The normalized spacial score (nSPS) is 10.2. The van der Waals surface area contributed by atoms with Crippen molar-refractivity contribution in [3.8, 4) is 0 Å². The van der Waals surface area contributed by atoms with Gasteiger partial charge in [-0.25, -0.2) is 4.79 Å². The van der Waals surface area contributed by atoms with Crippen molar-refractivity contribution in [2.45, 2.75) is 13.5 Å². The van der Waals surface area contributed by atoms with E-state index in [1.807, 2.05) is 31.2 Å². The van der Waals surface area contributed by atoms with Crippen LogP contribution in [0.3, 0.4) is 0 Å². The van der Waals surface area contributed by atoms with Crippen molar-refractivity contribution < 1.29 is 9.53 Å². The van der Waals surface area contributed by atoms with Crippen molar-refractivity contribution in [3.63, 3.8) is 0 Å². The maximum atomic E-state index is 11.9. The molecule has 3 nitrogen and oxygen atoms in total. The van der Waals surface area contributed by atoms with Crippen LogP contribution in [0.1, 0.15) is 21.5 Å². The molecule has 0 aliphatic carbocycles. The molecule has 0 aromatic heterocycles. The maximum Gasteiger partial charge on any atom is 0.338 e. The molecule has 0 heterocycles. The van der Waals surface area contributed by atoms with Crippen LogP contribution in [-0.2, 0) is 11.3 Å². The van der Waals surface area contributed by atoms with Gasteiger partial charge in [0.2, 0.25) is 0 Å². The Bertz CT molecular complexity index is 591. The number of carbonyl (C=O) groups is 1. The molecule has 0 atom stereocenters. The van der Waals surface area contributed by atoms with Gasteiger partial charge in [0.1, 0.15) is 6.61 Å². The first kappa shape index (κ1) is 13.6. The molecule has 4 heteroatoms. The summed E-state index contributed by atoms with van der Waals surface area (Å²) in [4.78, 5) is 11.9. The Balaban J connectivity index is 2.08. The summed E-state index contributed by atoms with van der Waals surface area (Å²) in [5, 5.41) is 0. The fraction of sp³-hybridized carbons (Fsp3) is 0.133. The van der Waals surface area contributed by atoms with Gasteiger partial charge in [-0.2, -0.15) is 0 Å². The Morgan fingerprint density at radius 2 is 2.00 bits per heavy atom. The number of esters is 1. The third kappa shape index (κ3) is 3.58. The molecular weight excluding hydrogens is 306 g/mol. The number of carbonyl (C=O) groups excluding carboxylic acids is 1. The first-order valence-corrected chi connectivity index (χ1v) is 6.63. The SMILES string of the molecule is Cc1ccccc1COC(=O)c1cc(N)cc(Br)c1. The van der Waals surface area contributed by atoms with Crippen LogP contribution in [0.4, 0.5) is 5.69 Å². The number of halogens is 1. The first-order valence-electron chi connectivity index (χ1n) is 5.84. The van der Waals surface area contributed by atoms with Crippen LogP contribution in [0.5, 0.6) is 0 Å². The maximum absolute atomic E-state index is 11.9. The van der Waals surface area contributed by atoms with E-state index in [-0.39, 0.29) is 12.6 Å². The third-order valence-corrected chi connectivity index (χ3v) is 3.23. The summed E-state index contributed by atoms with van der Waals surface area (Å²) in [6.07, 6.45) is 0. The third-order valence-electron chi connectivity index (χ3n) is 2.78. The smallest absolute Gasteiger partial charge is 0.338 e. The minimum absolute atomic E-state index is 0.262. The van der Waals surface area contributed by atoms with E-state index in [1.165, 1.54) is 0 Å². The quantitative estimate of drug-likeness (QED) is 0.693. The Hall–Kier alpha value is -1.81. The molecule has 2 aromatic rings. The number of hydrogen-bond donors (Lipinski definition) is 1. The van der Waals surface area contributed by atoms with Crippen LogP contribution in [0, 0.1) is 6.92 Å². The number of aryl methyl sites for hydroxylation is 1. The highest BCUT2D eigenvalue weighted by molar-refractivity contribution is 9.10. The van der Waals surface area contributed by atoms with Crippen LogP contribution in [0.2, 0.25) is 0 Å². The van der Waals surface area contributed by atoms with Crippen LogP contribution in [0.15, 0.2) is 46.9 Å². The zero-order chi connectivity index (χ0) is 13.8. The van der Waals surface area contributed by atoms with E-state index in [2.05, 4.69) is 15.9 Å². The Kier molecular flexibility index (Phi) is 4.22. The van der Waals surface area contributed by atoms with Crippen molar-refractivity contribution in [1.29, 1.82) is 0 Å². The van der Waals surface area contributed by atoms with Crippen LogP contribution >= 0.6 is 15.9 Å². The Morgan fingerprint density at radius 1 is 1.26 bits per heavy atom. The van der Waals surface area contributed by atoms with Crippen molar-refractivity contribution in [2.75, 3.05) is 5.73 Å². The molecular formula is C15H14BrNO2. The van der Waals surface area contributed by atoms with E-state index >= 15 is 0 Å². The lowest BCUT2D eigenvalue weighted by atomic mass is 10.1. The highest BCUT2D eigenvalue weighted by Crippen LogP contribution is 2.18. The number of benzene rings is 2. The topological polar surface area (TPSA) is 52.3 Å². The molecule has 0 bridgehead atoms. The fourth-order valence-electron chi connectivity index (χ4n) is 1.73. The molecule has 0 unspecified atom stereocenters. The largest absolute Gasteiger partial charge is 0.457 e. The van der Waals surface area contributed by atoms with Gasteiger partial charge in [-0.1, -0.05) is 40.2 Å². The van der Waals surface area contributed by atoms with Crippen molar-refractivity contribution in [1.82, 2.24) is 0 Å². The summed E-state index contributed by atoms with van der Waals surface area (Å²) in [6, 6.07) is 12.8. The van der Waals surface area contributed by atoms with Gasteiger partial charge < -0.3 is 10.5 Å². The second-order valence-corrected chi connectivity index (χ2v) is 5.19. The first-order chi connectivity index (χ1) is 9.06. The molecule has 0 aliphatic heterocycles. The van der Waals surface area contributed by atoms with Gasteiger partial charge in [0.05, 0.1) is 5.56 Å². The van der Waals surface area contributed by atoms with Gasteiger partial charge in [0.25, 0.3) is 0 Å². The highest BCUT2D eigenvalue weighted by Gasteiger charge is 2.09. The average Bonchev–Trinajstić information content (AvgIpc) is 2.36. The number of hydrogen-bond acceptors (Lipinski definition) is 3. The van der Waals surface area contributed by atoms with Gasteiger partial charge in [-0.15, -0.1) is 0 Å². The standard InChI is InChI=1S/C15H14BrNO2/c1-10-4-2-3-5-11(10)9-19-15(18)12-6-13(16)8-14(17)7-12/h2-8H,9,17H2,1H3. The molecule has 2 aromatic carbocycles. The van der Waals surface area contributed by atoms with Gasteiger partial charge in [-0.05, 0) is 36.2 Å². The molecule has 0 saturated carbocycles. The monoisotopic (exact) mass is 319 g/mol. The minimum Gasteiger partial charge on any atom is -0.457 e. The molecule has 98 valence electrons. The van der Waals surface area contributed by atoms with Crippen LogP contribution < -0.4 is 5.73 Å². The second kappa shape index (κ2) is 5.89. The van der Waals surface area contributed by atoms with Crippen LogP contribution in [-0.4, -0.2) is 5.97 Å². The summed E-state index contributed by atoms with van der Waals surface area (Å²) in [6.45, 7) is 2.25. The average molecular weight is 320 g/mol. The van der Waals surface area contributed by atoms with E-state index in [1.54, 1.807) is 18.2 Å². The minimum atomic E-state index is -0.378. The summed E-state index contributed by atoms with van der Waals surface area (Å²) >= 11 is 3.30. The van der Waals surface area contributed by atoms with E-state index in [0.717, 1.165) is 15.6 Å². The zero-order valence-corrected chi connectivity index (χ0v) is 12.1. The molecule has 0 amide bonds. The van der Waals surface area contributed by atoms with Gasteiger partial charge >= 0.3 is 5.97 Å². The number of ether oxygens (including phenoxy) is 1. The number of nitrogen functional groups attached to an aromatic ring is 1. The summed E-state index contributed by atoms with van der Waals surface area (Å²) in [7, 11) is 0. The molecule has 19 heavy (non-hydrogen) atoms. The number of rotatable bonds is 3. The molecule has 2 N–H and O–H groups in total. The fourth-order valence-corrected chi connectivity index (χ4v) is 2.24. The van der Waals surface area contributed by atoms with E-state index < -0.39 is 0 Å². The zero-order valence-electron chi connectivity index (χ0n) is 10.5. The summed E-state index contributed by atoms with van der Waals surface area (Å²) < 4.78 is 6.05. The lowest BCUT2D eigenvalue weighted by Gasteiger charge is -2.08. The van der Waals surface area contributed by atoms with Crippen molar-refractivity contribution >= 4 is 27.6 Å². The van der Waals surface area contributed by atoms with Crippen molar-refractivity contribution in [2.24, 2.45) is 0 Å². The number of anilines is 1. The highest BCUT2D eigenvalue weighted by atomic mass is 79.9. The molecule has 0 spiro atoms. The number of nitrogens with two attached hydrogens (primary N) is 1. The summed E-state index contributed by atoms with van der Waals surface area (Å²) in [5.74, 6) is -0.378. The molecule has 0 saturated heterocycles. The lowest BCUT2D eigenvalue weighted by molar-refractivity contribution is 0.0472. The second-order valence-electron chi connectivity index (χ2n) is 4.28. The lowest BCUT2D eigenvalue weighted by Crippen LogP contribution is -2.06. The van der Waals surface area contributed by atoms with Gasteiger partial charge in [0, 0.05) is 10.2 Å². The molecule has 0 radical (unpaired) electrons. The van der Waals surface area contributed by atoms with Gasteiger partial charge in [0.15, 0.2) is 0 Å². The molecule has 2 rings (SSSR count). The molecule has 0 aliphatic rings. The molecule has 0 fully saturated rings. The van der Waals surface area contributed by atoms with E-state index in [4.69, 9.17) is 10.5 Å².